The van der Waals surface area contributed by atoms with Crippen molar-refractivity contribution < 1.29 is 4.79 Å². The minimum Gasteiger partial charge on any atom is -0.382 e. The molecule has 0 bridgehead atoms. The van der Waals surface area contributed by atoms with Crippen LogP contribution < -0.4 is 11.1 Å². The molecule has 0 unspecified atom stereocenters. The second-order valence-electron chi connectivity index (χ2n) is 2.18. The van der Waals surface area contributed by atoms with Gasteiger partial charge in [0.1, 0.15) is 6.07 Å². The Morgan fingerprint density at radius 3 is 3.00 bits per heavy atom. The predicted molar refractivity (Wildman–Crippen MR) is 44.5 cm³/mol. The smallest absolute Gasteiger partial charge is 0.273 e. The number of hydrogen-bond acceptors (Lipinski definition) is 5. The number of aromatic nitrogens is 2. The van der Waals surface area contributed by atoms with Crippen LogP contribution >= 0.6 is 0 Å². The molecule has 0 aliphatic heterocycles. The van der Waals surface area contributed by atoms with Crippen LogP contribution in [0.3, 0.4) is 0 Å². The van der Waals surface area contributed by atoms with Crippen LogP contribution in [0.15, 0.2) is 6.20 Å². The number of carbonyl (C=O) groups is 1. The first kappa shape index (κ1) is 8.93. The largest absolute Gasteiger partial charge is 0.382 e. The van der Waals surface area contributed by atoms with E-state index in [2.05, 4.69) is 15.3 Å². The molecule has 66 valence electrons. The molecule has 6 heteroatoms. The molecule has 0 saturated heterocycles. The van der Waals surface area contributed by atoms with Gasteiger partial charge in [-0.05, 0) is 0 Å². The van der Waals surface area contributed by atoms with Crippen LogP contribution in [0.4, 0.5) is 5.82 Å². The Balaban J connectivity index is 3.20. The van der Waals surface area contributed by atoms with Crippen molar-refractivity contribution in [2.24, 2.45) is 0 Å². The molecule has 0 aliphatic carbocycles. The summed E-state index contributed by atoms with van der Waals surface area (Å²) in [7, 11) is 1.45. The molecule has 1 aromatic rings. The van der Waals surface area contributed by atoms with Gasteiger partial charge in [-0.25, -0.2) is 9.97 Å². The molecule has 0 aliphatic rings. The fourth-order valence-corrected chi connectivity index (χ4v) is 0.738. The number of carbonyl (C=O) groups excluding carboxylic acids is 1. The van der Waals surface area contributed by atoms with Gasteiger partial charge >= 0.3 is 0 Å². The zero-order valence-electron chi connectivity index (χ0n) is 6.90. The lowest BCUT2D eigenvalue weighted by Gasteiger charge is -2.01. The van der Waals surface area contributed by atoms with Crippen molar-refractivity contribution in [3.8, 4) is 6.07 Å². The molecule has 1 rings (SSSR count). The zero-order valence-corrected chi connectivity index (χ0v) is 6.90. The number of hydrogen-bond donors (Lipinski definition) is 2. The summed E-state index contributed by atoms with van der Waals surface area (Å²) >= 11 is 0. The molecule has 6 nitrogen and oxygen atoms in total. The van der Waals surface area contributed by atoms with Gasteiger partial charge in [0.05, 0.1) is 6.20 Å². The lowest BCUT2D eigenvalue weighted by Crippen LogP contribution is -2.21. The maximum atomic E-state index is 11.1. The quantitative estimate of drug-likeness (QED) is 0.589. The van der Waals surface area contributed by atoms with E-state index in [1.54, 1.807) is 6.07 Å². The highest BCUT2D eigenvalue weighted by Crippen LogP contribution is 2.04. The summed E-state index contributed by atoms with van der Waals surface area (Å²) in [6, 6.07) is 1.76. The fraction of sp³-hybridized carbons (Fsp3) is 0.143. The van der Waals surface area contributed by atoms with Gasteiger partial charge in [-0.1, -0.05) is 0 Å². The van der Waals surface area contributed by atoms with E-state index in [0.29, 0.717) is 0 Å². The van der Waals surface area contributed by atoms with Gasteiger partial charge in [-0.15, -0.1) is 0 Å². The second-order valence-corrected chi connectivity index (χ2v) is 2.18. The highest BCUT2D eigenvalue weighted by atomic mass is 16.1. The molecular weight excluding hydrogens is 170 g/mol. The van der Waals surface area contributed by atoms with E-state index < -0.39 is 5.91 Å². The first-order valence-electron chi connectivity index (χ1n) is 3.43. The van der Waals surface area contributed by atoms with Crippen LogP contribution in [0.2, 0.25) is 0 Å². The summed E-state index contributed by atoms with van der Waals surface area (Å²) < 4.78 is 0. The third kappa shape index (κ3) is 1.70. The number of nitrogen functional groups attached to an aromatic ring is 1. The second kappa shape index (κ2) is 3.49. The van der Waals surface area contributed by atoms with Gasteiger partial charge in [0.15, 0.2) is 17.2 Å². The van der Waals surface area contributed by atoms with Gasteiger partial charge in [-0.2, -0.15) is 5.26 Å². The minimum atomic E-state index is -0.456. The molecule has 0 spiro atoms. The van der Waals surface area contributed by atoms with Crippen molar-refractivity contribution in [2.45, 2.75) is 0 Å². The average molecular weight is 177 g/mol. The molecule has 13 heavy (non-hydrogen) atoms. The Kier molecular flexibility index (Phi) is 2.40. The minimum absolute atomic E-state index is 0.0124. The molecule has 3 N–H and O–H groups in total. The maximum Gasteiger partial charge on any atom is 0.273 e. The molecule has 1 heterocycles. The fourth-order valence-electron chi connectivity index (χ4n) is 0.738. The average Bonchev–Trinajstić information content (AvgIpc) is 2.17. The van der Waals surface area contributed by atoms with E-state index in [9.17, 15) is 4.79 Å². The molecule has 0 saturated carbocycles. The summed E-state index contributed by atoms with van der Waals surface area (Å²) in [6.07, 6.45) is 1.21. The summed E-state index contributed by atoms with van der Waals surface area (Å²) in [5.41, 5.74) is 5.41. The van der Waals surface area contributed by atoms with E-state index in [1.807, 2.05) is 0 Å². The van der Waals surface area contributed by atoms with Gasteiger partial charge in [-0.3, -0.25) is 4.79 Å². The Hall–Kier alpha value is -2.16. The van der Waals surface area contributed by atoms with Crippen molar-refractivity contribution in [2.75, 3.05) is 12.8 Å². The van der Waals surface area contributed by atoms with Crippen LogP contribution in [0.5, 0.6) is 0 Å². The van der Waals surface area contributed by atoms with Crippen LogP contribution in [0.1, 0.15) is 16.2 Å². The van der Waals surface area contributed by atoms with Gasteiger partial charge < -0.3 is 11.1 Å². The lowest BCUT2D eigenvalue weighted by atomic mass is 10.3. The van der Waals surface area contributed by atoms with Crippen LogP contribution in [0.25, 0.3) is 0 Å². The van der Waals surface area contributed by atoms with E-state index >= 15 is 0 Å². The Morgan fingerprint density at radius 1 is 1.77 bits per heavy atom. The lowest BCUT2D eigenvalue weighted by molar-refractivity contribution is 0.0958. The Bertz CT molecular complexity index is 381. The topological polar surface area (TPSA) is 105 Å². The monoisotopic (exact) mass is 177 g/mol. The van der Waals surface area contributed by atoms with E-state index in [4.69, 9.17) is 11.0 Å². The number of anilines is 1. The van der Waals surface area contributed by atoms with Crippen LogP contribution in [-0.4, -0.2) is 22.9 Å². The van der Waals surface area contributed by atoms with Gasteiger partial charge in [0, 0.05) is 7.05 Å². The SMILES string of the molecule is CNC(=O)c1nc(C#N)cnc1N. The summed E-state index contributed by atoms with van der Waals surface area (Å²) in [4.78, 5) is 18.5. The maximum absolute atomic E-state index is 11.1. The third-order valence-corrected chi connectivity index (χ3v) is 1.36. The molecule has 0 aromatic carbocycles. The van der Waals surface area contributed by atoms with Crippen molar-refractivity contribution in [3.05, 3.63) is 17.6 Å². The molecule has 1 aromatic heterocycles. The Morgan fingerprint density at radius 2 is 2.46 bits per heavy atom. The number of nitrogens with two attached hydrogens (primary N) is 1. The molecule has 1 amide bonds. The highest BCUT2D eigenvalue weighted by Gasteiger charge is 2.11. The molecule has 0 fully saturated rings. The number of amides is 1. The normalized spacial score (nSPS) is 8.92. The standard InChI is InChI=1S/C7H7N5O/c1-10-7(13)5-6(9)11-3-4(2-8)12-5/h3H,1H3,(H2,9,11)(H,10,13). The predicted octanol–water partition coefficient (Wildman–Crippen LogP) is -0.710. The summed E-state index contributed by atoms with van der Waals surface area (Å²) in [6.45, 7) is 0. The van der Waals surface area contributed by atoms with Crippen LogP contribution in [0, 0.1) is 11.3 Å². The Labute approximate surface area is 74.4 Å². The highest BCUT2D eigenvalue weighted by molar-refractivity contribution is 5.96. The van der Waals surface area contributed by atoms with Crippen LogP contribution in [-0.2, 0) is 0 Å². The third-order valence-electron chi connectivity index (χ3n) is 1.36. The first-order valence-corrected chi connectivity index (χ1v) is 3.43. The number of nitrogens with one attached hydrogen (secondary N) is 1. The molecule has 0 radical (unpaired) electrons. The first-order chi connectivity index (χ1) is 6.19. The molecular formula is C7H7N5O. The molecule has 0 atom stereocenters. The van der Waals surface area contributed by atoms with E-state index in [-0.39, 0.29) is 17.2 Å². The van der Waals surface area contributed by atoms with Crippen molar-refractivity contribution >= 4 is 11.7 Å². The number of nitrogens with zero attached hydrogens (tertiary/aromatic N) is 3. The van der Waals surface area contributed by atoms with E-state index in [0.717, 1.165) is 0 Å². The summed E-state index contributed by atoms with van der Waals surface area (Å²) in [5.74, 6) is -0.444. The van der Waals surface area contributed by atoms with Crippen molar-refractivity contribution in [3.63, 3.8) is 0 Å². The zero-order chi connectivity index (χ0) is 9.84. The number of nitriles is 1. The van der Waals surface area contributed by atoms with Gasteiger partial charge in [0.25, 0.3) is 5.91 Å². The summed E-state index contributed by atoms with van der Waals surface area (Å²) in [5, 5.41) is 10.8. The van der Waals surface area contributed by atoms with Crippen molar-refractivity contribution in [1.29, 1.82) is 5.26 Å². The number of rotatable bonds is 1. The van der Waals surface area contributed by atoms with Crippen molar-refractivity contribution in [1.82, 2.24) is 15.3 Å². The van der Waals surface area contributed by atoms with Gasteiger partial charge in [0.2, 0.25) is 0 Å². The van der Waals surface area contributed by atoms with E-state index in [1.165, 1.54) is 13.2 Å².